The average molecular weight is 241 g/mol. The zero-order chi connectivity index (χ0) is 12.3. The first-order valence-electron chi connectivity index (χ1n) is 6.48. The van der Waals surface area contributed by atoms with Crippen LogP contribution in [-0.4, -0.2) is 68.3 Å². The van der Waals surface area contributed by atoms with Gasteiger partial charge in [-0.25, -0.2) is 0 Å². The number of methoxy groups -OCH3 is 1. The van der Waals surface area contributed by atoms with Crippen molar-refractivity contribution in [3.63, 3.8) is 0 Å². The van der Waals surface area contributed by atoms with E-state index in [1.54, 1.807) is 7.11 Å². The van der Waals surface area contributed by atoms with Gasteiger partial charge >= 0.3 is 0 Å². The summed E-state index contributed by atoms with van der Waals surface area (Å²) >= 11 is 0. The van der Waals surface area contributed by atoms with E-state index in [-0.39, 0.29) is 18.1 Å². The Morgan fingerprint density at radius 3 is 2.76 bits per heavy atom. The van der Waals surface area contributed by atoms with Gasteiger partial charge in [0.25, 0.3) is 0 Å². The number of likely N-dealkylation sites (tertiary alicyclic amines) is 1. The highest BCUT2D eigenvalue weighted by molar-refractivity contribution is 5.81. The van der Waals surface area contributed by atoms with Crippen molar-refractivity contribution >= 4 is 5.91 Å². The summed E-state index contributed by atoms with van der Waals surface area (Å²) in [6.45, 7) is 7.88. The van der Waals surface area contributed by atoms with Crippen molar-refractivity contribution in [2.24, 2.45) is 5.92 Å². The molecule has 2 heterocycles. The maximum atomic E-state index is 12.2. The fourth-order valence-electron chi connectivity index (χ4n) is 2.63. The molecular formula is C12H23N3O2. The molecule has 98 valence electrons. The molecule has 0 spiro atoms. The van der Waals surface area contributed by atoms with Crippen LogP contribution >= 0.6 is 0 Å². The quantitative estimate of drug-likeness (QED) is 0.736. The first-order chi connectivity index (χ1) is 8.22. The van der Waals surface area contributed by atoms with E-state index < -0.39 is 0 Å². The number of carbonyl (C=O) groups excluding carboxylic acids is 1. The third-order valence-electron chi connectivity index (χ3n) is 3.82. The Labute approximate surface area is 103 Å². The predicted octanol–water partition coefficient (Wildman–Crippen LogP) is -0.267. The van der Waals surface area contributed by atoms with Gasteiger partial charge in [-0.2, -0.15) is 0 Å². The van der Waals surface area contributed by atoms with Gasteiger partial charge in [-0.05, 0) is 13.3 Å². The molecule has 17 heavy (non-hydrogen) atoms. The monoisotopic (exact) mass is 241 g/mol. The van der Waals surface area contributed by atoms with Crippen LogP contribution < -0.4 is 5.32 Å². The van der Waals surface area contributed by atoms with E-state index in [2.05, 4.69) is 10.2 Å². The van der Waals surface area contributed by atoms with E-state index in [9.17, 15) is 4.79 Å². The minimum atomic E-state index is -0.0875. The van der Waals surface area contributed by atoms with E-state index >= 15 is 0 Å². The number of carbonyl (C=O) groups is 1. The second-order valence-corrected chi connectivity index (χ2v) is 4.90. The lowest BCUT2D eigenvalue weighted by atomic mass is 10.1. The van der Waals surface area contributed by atoms with Gasteiger partial charge in [0.2, 0.25) is 5.91 Å². The normalized spacial score (nSPS) is 28.7. The summed E-state index contributed by atoms with van der Waals surface area (Å²) in [4.78, 5) is 16.4. The van der Waals surface area contributed by atoms with Gasteiger partial charge in [-0.15, -0.1) is 0 Å². The predicted molar refractivity (Wildman–Crippen MR) is 65.6 cm³/mol. The van der Waals surface area contributed by atoms with Crippen LogP contribution in [0, 0.1) is 5.92 Å². The Kier molecular flexibility index (Phi) is 4.36. The second-order valence-electron chi connectivity index (χ2n) is 4.90. The summed E-state index contributed by atoms with van der Waals surface area (Å²) < 4.78 is 5.22. The summed E-state index contributed by atoms with van der Waals surface area (Å²) in [5, 5.41) is 3.33. The maximum Gasteiger partial charge on any atom is 0.229 e. The Morgan fingerprint density at radius 2 is 2.12 bits per heavy atom. The van der Waals surface area contributed by atoms with Gasteiger partial charge in [0.1, 0.15) is 6.23 Å². The van der Waals surface area contributed by atoms with E-state index in [0.717, 1.165) is 45.7 Å². The van der Waals surface area contributed by atoms with Crippen molar-refractivity contribution in [1.29, 1.82) is 0 Å². The molecule has 1 amide bonds. The lowest BCUT2D eigenvalue weighted by Gasteiger charge is -2.29. The number of rotatable bonds is 4. The summed E-state index contributed by atoms with van der Waals surface area (Å²) in [6, 6.07) is 0. The maximum absolute atomic E-state index is 12.2. The van der Waals surface area contributed by atoms with Crippen LogP contribution in [-0.2, 0) is 9.53 Å². The fourth-order valence-corrected chi connectivity index (χ4v) is 2.63. The third kappa shape index (κ3) is 2.97. The van der Waals surface area contributed by atoms with Gasteiger partial charge in [0.05, 0.1) is 5.92 Å². The number of nitrogens with one attached hydrogen (secondary N) is 1. The SMILES string of the molecule is COC(C)N1CCC(CN2CCNCC2)C1=O. The zero-order valence-electron chi connectivity index (χ0n) is 10.8. The highest BCUT2D eigenvalue weighted by Crippen LogP contribution is 2.21. The van der Waals surface area contributed by atoms with Crippen LogP contribution in [0.3, 0.4) is 0 Å². The minimum Gasteiger partial charge on any atom is -0.362 e. The molecule has 2 aliphatic rings. The smallest absolute Gasteiger partial charge is 0.229 e. The number of piperazine rings is 1. The molecule has 2 atom stereocenters. The van der Waals surface area contributed by atoms with Gasteiger partial charge in [-0.3, -0.25) is 4.79 Å². The van der Waals surface area contributed by atoms with E-state index in [1.807, 2.05) is 11.8 Å². The zero-order valence-corrected chi connectivity index (χ0v) is 10.8. The van der Waals surface area contributed by atoms with Crippen molar-refractivity contribution in [3.8, 4) is 0 Å². The van der Waals surface area contributed by atoms with Crippen LogP contribution in [0.4, 0.5) is 0 Å². The van der Waals surface area contributed by atoms with Crippen molar-refractivity contribution in [2.45, 2.75) is 19.6 Å². The van der Waals surface area contributed by atoms with Crippen LogP contribution in [0.25, 0.3) is 0 Å². The number of amides is 1. The molecule has 2 aliphatic heterocycles. The molecule has 5 heteroatoms. The lowest BCUT2D eigenvalue weighted by molar-refractivity contribution is -0.140. The first-order valence-corrected chi connectivity index (χ1v) is 6.48. The number of ether oxygens (including phenoxy) is 1. The van der Waals surface area contributed by atoms with Crippen molar-refractivity contribution in [2.75, 3.05) is 46.4 Å². The highest BCUT2D eigenvalue weighted by Gasteiger charge is 2.35. The van der Waals surface area contributed by atoms with Crippen molar-refractivity contribution in [3.05, 3.63) is 0 Å². The average Bonchev–Trinajstić information content (AvgIpc) is 2.72. The van der Waals surface area contributed by atoms with E-state index in [0.29, 0.717) is 0 Å². The Hall–Kier alpha value is -0.650. The lowest BCUT2D eigenvalue weighted by Crippen LogP contribution is -2.46. The molecule has 5 nitrogen and oxygen atoms in total. The number of hydrogen-bond acceptors (Lipinski definition) is 4. The first kappa shape index (κ1) is 12.8. The van der Waals surface area contributed by atoms with Crippen LogP contribution in [0.1, 0.15) is 13.3 Å². The van der Waals surface area contributed by atoms with Crippen molar-refractivity contribution in [1.82, 2.24) is 15.1 Å². The van der Waals surface area contributed by atoms with Gasteiger partial charge < -0.3 is 19.9 Å². The van der Waals surface area contributed by atoms with Gasteiger partial charge in [0.15, 0.2) is 0 Å². The Balaban J connectivity index is 1.84. The minimum absolute atomic E-state index is 0.0875. The second kappa shape index (κ2) is 5.80. The molecular weight excluding hydrogens is 218 g/mol. The summed E-state index contributed by atoms with van der Waals surface area (Å²) in [5.74, 6) is 0.434. The molecule has 0 saturated carbocycles. The summed E-state index contributed by atoms with van der Waals surface area (Å²) in [6.07, 6.45) is 0.881. The largest absolute Gasteiger partial charge is 0.362 e. The molecule has 2 unspecified atom stereocenters. The highest BCUT2D eigenvalue weighted by atomic mass is 16.5. The van der Waals surface area contributed by atoms with E-state index in [4.69, 9.17) is 4.74 Å². The summed E-state index contributed by atoms with van der Waals surface area (Å²) in [5.41, 5.74) is 0. The molecule has 0 radical (unpaired) electrons. The molecule has 0 aromatic rings. The topological polar surface area (TPSA) is 44.8 Å². The third-order valence-corrected chi connectivity index (χ3v) is 3.82. The van der Waals surface area contributed by atoms with E-state index in [1.165, 1.54) is 0 Å². The molecule has 2 fully saturated rings. The van der Waals surface area contributed by atoms with Crippen LogP contribution in [0.15, 0.2) is 0 Å². The van der Waals surface area contributed by atoms with Crippen LogP contribution in [0.2, 0.25) is 0 Å². The molecule has 0 aromatic carbocycles. The number of hydrogen-bond donors (Lipinski definition) is 1. The fraction of sp³-hybridized carbons (Fsp3) is 0.917. The molecule has 2 rings (SSSR count). The molecule has 1 N–H and O–H groups in total. The van der Waals surface area contributed by atoms with Gasteiger partial charge in [-0.1, -0.05) is 0 Å². The summed E-state index contributed by atoms with van der Waals surface area (Å²) in [7, 11) is 1.65. The molecule has 0 aromatic heterocycles. The van der Waals surface area contributed by atoms with Crippen molar-refractivity contribution < 1.29 is 9.53 Å². The Bertz CT molecular complexity index is 266. The molecule has 0 bridgehead atoms. The van der Waals surface area contributed by atoms with Gasteiger partial charge in [0, 0.05) is 46.4 Å². The standard InChI is InChI=1S/C12H23N3O2/c1-10(17-2)15-6-3-11(12(15)16)9-14-7-4-13-5-8-14/h10-11,13H,3-9H2,1-2H3. The Morgan fingerprint density at radius 1 is 1.41 bits per heavy atom. The van der Waals surface area contributed by atoms with Crippen LogP contribution in [0.5, 0.6) is 0 Å². The molecule has 2 saturated heterocycles. The molecule has 0 aliphatic carbocycles. The number of nitrogens with zero attached hydrogens (tertiary/aromatic N) is 2.